The molecule has 0 atom stereocenters. The van der Waals surface area contributed by atoms with Gasteiger partial charge in [-0.25, -0.2) is 8.78 Å². The number of aromatic nitrogens is 4. The number of aromatic amines is 1. The molecule has 10 heteroatoms. The fourth-order valence-electron chi connectivity index (χ4n) is 4.27. The fraction of sp³-hybridized carbons (Fsp3) is 0.238. The van der Waals surface area contributed by atoms with Gasteiger partial charge in [-0.2, -0.15) is 13.2 Å². The highest BCUT2D eigenvalue weighted by Crippen LogP contribution is 2.50. The van der Waals surface area contributed by atoms with Crippen LogP contribution in [0.4, 0.5) is 27.6 Å². The molecule has 0 aliphatic carbocycles. The van der Waals surface area contributed by atoms with E-state index >= 15 is 4.39 Å². The summed E-state index contributed by atoms with van der Waals surface area (Å²) in [6, 6.07) is 4.63. The molecule has 2 N–H and O–H groups in total. The molecule has 0 radical (unpaired) electrons. The number of rotatable bonds is 1. The number of fused-ring (bicyclic) bond motifs is 4. The van der Waals surface area contributed by atoms with Gasteiger partial charge in [0.25, 0.3) is 0 Å². The van der Waals surface area contributed by atoms with Gasteiger partial charge in [-0.05, 0) is 44.5 Å². The molecule has 5 rings (SSSR count). The third-order valence-corrected chi connectivity index (χ3v) is 5.53. The van der Waals surface area contributed by atoms with Crippen LogP contribution < -0.4 is 5.32 Å². The zero-order chi connectivity index (χ0) is 22.3. The molecule has 3 heterocycles. The van der Waals surface area contributed by atoms with Crippen LogP contribution in [0.15, 0.2) is 30.5 Å². The summed E-state index contributed by atoms with van der Waals surface area (Å²) in [5.41, 5.74) is -3.09. The molecule has 4 aromatic rings. The number of anilines is 1. The van der Waals surface area contributed by atoms with E-state index in [-0.39, 0.29) is 39.5 Å². The average Bonchev–Trinajstić information content (AvgIpc) is 3.29. The Morgan fingerprint density at radius 2 is 1.77 bits per heavy atom. The van der Waals surface area contributed by atoms with Crippen molar-refractivity contribution in [3.63, 3.8) is 0 Å². The second-order valence-electron chi connectivity index (χ2n) is 8.02. The number of halogens is 5. The van der Waals surface area contributed by atoms with Crippen LogP contribution in [-0.2, 0) is 11.7 Å². The van der Waals surface area contributed by atoms with Crippen LogP contribution in [0.3, 0.4) is 0 Å². The van der Waals surface area contributed by atoms with Gasteiger partial charge in [0, 0.05) is 17.1 Å². The Labute approximate surface area is 172 Å². The largest absolute Gasteiger partial charge is 0.419 e. The van der Waals surface area contributed by atoms with Crippen LogP contribution in [0.5, 0.6) is 0 Å². The molecule has 1 aliphatic heterocycles. The Hall–Kier alpha value is -3.43. The number of hydrogen-bond acceptors (Lipinski definition) is 3. The first kappa shape index (κ1) is 19.5. The third kappa shape index (κ3) is 2.67. The minimum absolute atomic E-state index is 0.00294. The van der Waals surface area contributed by atoms with Crippen molar-refractivity contribution >= 4 is 16.6 Å². The zero-order valence-electron chi connectivity index (χ0n) is 16.6. The van der Waals surface area contributed by atoms with E-state index in [0.29, 0.717) is 0 Å². The van der Waals surface area contributed by atoms with Gasteiger partial charge in [0.1, 0.15) is 17.5 Å². The van der Waals surface area contributed by atoms with E-state index < -0.39 is 34.5 Å². The van der Waals surface area contributed by atoms with Gasteiger partial charge in [0.2, 0.25) is 0 Å². The Bertz CT molecular complexity index is 1360. The van der Waals surface area contributed by atoms with Crippen molar-refractivity contribution in [1.29, 1.82) is 0 Å². The number of aryl methyl sites for hydroxylation is 1. The number of nitrogens with one attached hydrogen (secondary N) is 2. The summed E-state index contributed by atoms with van der Waals surface area (Å²) in [4.78, 5) is 2.65. The van der Waals surface area contributed by atoms with Crippen molar-refractivity contribution in [2.24, 2.45) is 0 Å². The molecule has 160 valence electrons. The molecule has 0 saturated heterocycles. The van der Waals surface area contributed by atoms with Gasteiger partial charge in [0.05, 0.1) is 28.0 Å². The first-order valence-corrected chi connectivity index (χ1v) is 9.41. The highest BCUT2D eigenvalue weighted by molar-refractivity contribution is 5.98. The maximum absolute atomic E-state index is 15.4. The maximum Gasteiger partial charge on any atom is 0.419 e. The third-order valence-electron chi connectivity index (χ3n) is 5.53. The van der Waals surface area contributed by atoms with E-state index in [0.717, 1.165) is 18.2 Å². The molecular weight excluding hydrogens is 417 g/mol. The Morgan fingerprint density at radius 3 is 2.48 bits per heavy atom. The van der Waals surface area contributed by atoms with Crippen LogP contribution in [0.25, 0.3) is 27.7 Å². The average molecular weight is 433 g/mol. The monoisotopic (exact) mass is 433 g/mol. The molecule has 0 unspecified atom stereocenters. The molecule has 5 nitrogen and oxygen atoms in total. The summed E-state index contributed by atoms with van der Waals surface area (Å²) in [7, 11) is 0. The number of alkyl halides is 3. The Balaban J connectivity index is 1.95. The highest BCUT2D eigenvalue weighted by atomic mass is 19.4. The van der Waals surface area contributed by atoms with E-state index in [9.17, 15) is 17.6 Å². The molecule has 2 aromatic heterocycles. The Morgan fingerprint density at radius 1 is 1.03 bits per heavy atom. The van der Waals surface area contributed by atoms with Crippen molar-refractivity contribution in [2.75, 3.05) is 5.32 Å². The van der Waals surface area contributed by atoms with Crippen molar-refractivity contribution in [3.05, 3.63) is 59.3 Å². The first-order valence-electron chi connectivity index (χ1n) is 9.41. The lowest BCUT2D eigenvalue weighted by Gasteiger charge is -2.36. The normalized spacial score (nSPS) is 15.0. The highest BCUT2D eigenvalue weighted by Gasteiger charge is 2.45. The molecule has 31 heavy (non-hydrogen) atoms. The quantitative estimate of drug-likeness (QED) is 0.380. The summed E-state index contributed by atoms with van der Waals surface area (Å²) < 4.78 is 74.3. The molecule has 0 bridgehead atoms. The molecule has 0 saturated carbocycles. The lowest BCUT2D eigenvalue weighted by molar-refractivity contribution is -0.137. The predicted molar refractivity (Wildman–Crippen MR) is 105 cm³/mol. The van der Waals surface area contributed by atoms with E-state index in [1.54, 1.807) is 13.8 Å². The number of benzene rings is 2. The van der Waals surface area contributed by atoms with Crippen molar-refractivity contribution in [2.45, 2.75) is 32.5 Å². The maximum atomic E-state index is 15.4. The minimum atomic E-state index is -4.92. The van der Waals surface area contributed by atoms with Gasteiger partial charge in [0.15, 0.2) is 5.82 Å². The van der Waals surface area contributed by atoms with Crippen LogP contribution in [0.2, 0.25) is 0 Å². The summed E-state index contributed by atoms with van der Waals surface area (Å²) in [6.07, 6.45) is -3.53. The molecule has 1 aliphatic rings. The summed E-state index contributed by atoms with van der Waals surface area (Å²) in [5.74, 6) is -1.21. The Kier molecular flexibility index (Phi) is 3.81. The van der Waals surface area contributed by atoms with Gasteiger partial charge in [-0.3, -0.25) is 4.57 Å². The van der Waals surface area contributed by atoms with Gasteiger partial charge in [-0.1, -0.05) is 6.07 Å². The zero-order valence-corrected chi connectivity index (χ0v) is 16.6. The molecule has 0 amide bonds. The van der Waals surface area contributed by atoms with E-state index in [1.807, 2.05) is 0 Å². The van der Waals surface area contributed by atoms with Gasteiger partial charge in [-0.15, -0.1) is 10.2 Å². The number of H-pyrrole nitrogens is 1. The van der Waals surface area contributed by atoms with Crippen LogP contribution >= 0.6 is 0 Å². The lowest BCUT2D eigenvalue weighted by atomic mass is 9.91. The van der Waals surface area contributed by atoms with E-state index in [1.165, 1.54) is 23.8 Å². The lowest BCUT2D eigenvalue weighted by Crippen LogP contribution is -2.37. The molecule has 0 spiro atoms. The minimum Gasteiger partial charge on any atom is -0.371 e. The van der Waals surface area contributed by atoms with Crippen molar-refractivity contribution < 1.29 is 22.0 Å². The summed E-state index contributed by atoms with van der Waals surface area (Å²) in [5, 5.41) is 11.1. The molecule has 0 fully saturated rings. The number of hydrogen-bond donors (Lipinski definition) is 2. The smallest absolute Gasteiger partial charge is 0.371 e. The predicted octanol–water partition coefficient (Wildman–Crippen LogP) is 5.68. The first-order chi connectivity index (χ1) is 14.5. The van der Waals surface area contributed by atoms with E-state index in [2.05, 4.69) is 20.5 Å². The topological polar surface area (TPSA) is 58.5 Å². The van der Waals surface area contributed by atoms with E-state index in [4.69, 9.17) is 0 Å². The molecule has 2 aromatic carbocycles. The van der Waals surface area contributed by atoms with Gasteiger partial charge < -0.3 is 10.3 Å². The number of nitrogens with zero attached hydrogens (tertiary/aromatic N) is 3. The second-order valence-corrected chi connectivity index (χ2v) is 8.02. The molecular formula is C21H16F5N5. The van der Waals surface area contributed by atoms with Crippen molar-refractivity contribution in [1.82, 2.24) is 19.7 Å². The van der Waals surface area contributed by atoms with Crippen LogP contribution in [0.1, 0.15) is 31.1 Å². The summed E-state index contributed by atoms with van der Waals surface area (Å²) in [6.45, 7) is 4.98. The van der Waals surface area contributed by atoms with Crippen molar-refractivity contribution in [3.8, 4) is 16.8 Å². The standard InChI is InChI=1S/C21H16F5N5/c1-9-29-30-19-20(2,3)28-14-8-13(23)15(16(21(24,25)26)18(14)31(9)19)10-4-5-12(22)17-11(10)6-7-27-17/h4-8,27-28H,1-3H3. The second kappa shape index (κ2) is 6.05. The van der Waals surface area contributed by atoms with Crippen LogP contribution in [0, 0.1) is 18.6 Å². The van der Waals surface area contributed by atoms with Crippen LogP contribution in [-0.4, -0.2) is 19.7 Å². The fourth-order valence-corrected chi connectivity index (χ4v) is 4.27. The SMILES string of the molecule is Cc1nnc2n1-c1c(cc(F)c(-c3ccc(F)c4[nH]ccc34)c1C(F)(F)F)NC2(C)C. The van der Waals surface area contributed by atoms with Gasteiger partial charge >= 0.3 is 6.18 Å². The summed E-state index contributed by atoms with van der Waals surface area (Å²) >= 11 is 0.